The molecule has 0 saturated carbocycles. The predicted molar refractivity (Wildman–Crippen MR) is 88.3 cm³/mol. The molecule has 22 heavy (non-hydrogen) atoms. The highest BCUT2D eigenvalue weighted by Crippen LogP contribution is 2.14. The van der Waals surface area contributed by atoms with Crippen LogP contribution >= 0.6 is 11.6 Å². The average Bonchev–Trinajstić information content (AvgIpc) is 2.49. The number of halogens is 1. The number of anilines is 1. The van der Waals surface area contributed by atoms with E-state index in [0.717, 1.165) is 5.56 Å². The minimum atomic E-state index is -0.402. The number of nitrogens with one attached hydrogen (secondary N) is 2. The summed E-state index contributed by atoms with van der Waals surface area (Å²) in [6.07, 6.45) is 1.62. The Bertz CT molecular complexity index is 694. The van der Waals surface area contributed by atoms with Crippen LogP contribution in [0.1, 0.15) is 12.5 Å². The fraction of sp³-hybridized carbons (Fsp3) is 0.0588. The number of carbonyl (C=O) groups excluding carboxylic acids is 2. The van der Waals surface area contributed by atoms with Crippen molar-refractivity contribution in [2.75, 3.05) is 5.32 Å². The van der Waals surface area contributed by atoms with Gasteiger partial charge in [0.15, 0.2) is 0 Å². The van der Waals surface area contributed by atoms with Gasteiger partial charge in [-0.2, -0.15) is 0 Å². The summed E-state index contributed by atoms with van der Waals surface area (Å²) in [7, 11) is 0. The van der Waals surface area contributed by atoms with Gasteiger partial charge < -0.3 is 10.6 Å². The van der Waals surface area contributed by atoms with Crippen molar-refractivity contribution in [2.45, 2.75) is 6.92 Å². The Morgan fingerprint density at radius 2 is 1.64 bits per heavy atom. The number of hydrogen-bond acceptors (Lipinski definition) is 2. The van der Waals surface area contributed by atoms with E-state index < -0.39 is 5.91 Å². The molecule has 0 aliphatic carbocycles. The number of hydrogen-bond donors (Lipinski definition) is 2. The molecule has 0 saturated heterocycles. The van der Waals surface area contributed by atoms with Crippen molar-refractivity contribution >= 4 is 35.2 Å². The summed E-state index contributed by atoms with van der Waals surface area (Å²) < 4.78 is 0. The molecular formula is C17H15ClN2O2. The summed E-state index contributed by atoms with van der Waals surface area (Å²) >= 11 is 5.81. The van der Waals surface area contributed by atoms with Crippen LogP contribution in [-0.2, 0) is 9.59 Å². The van der Waals surface area contributed by atoms with Crippen molar-refractivity contribution in [3.8, 4) is 0 Å². The van der Waals surface area contributed by atoms with Crippen LogP contribution in [0.3, 0.4) is 0 Å². The van der Waals surface area contributed by atoms with E-state index in [1.165, 1.54) is 6.92 Å². The minimum absolute atomic E-state index is 0.175. The second-order valence-corrected chi connectivity index (χ2v) is 5.05. The van der Waals surface area contributed by atoms with Gasteiger partial charge >= 0.3 is 0 Å². The first-order chi connectivity index (χ1) is 10.5. The van der Waals surface area contributed by atoms with Gasteiger partial charge in [-0.25, -0.2) is 0 Å². The summed E-state index contributed by atoms with van der Waals surface area (Å²) in [5, 5.41) is 5.84. The van der Waals surface area contributed by atoms with Gasteiger partial charge in [0, 0.05) is 17.6 Å². The van der Waals surface area contributed by atoms with Crippen LogP contribution in [0.4, 0.5) is 5.69 Å². The molecule has 0 aromatic heterocycles. The Morgan fingerprint density at radius 1 is 1.00 bits per heavy atom. The Labute approximate surface area is 133 Å². The van der Waals surface area contributed by atoms with Gasteiger partial charge in [-0.3, -0.25) is 9.59 Å². The Kier molecular flexibility index (Phi) is 5.33. The Hall–Kier alpha value is -2.59. The van der Waals surface area contributed by atoms with Gasteiger partial charge in [-0.15, -0.1) is 0 Å². The van der Waals surface area contributed by atoms with E-state index >= 15 is 0 Å². The molecule has 0 radical (unpaired) electrons. The van der Waals surface area contributed by atoms with Crippen LogP contribution in [0.15, 0.2) is 60.3 Å². The van der Waals surface area contributed by atoms with Crippen molar-refractivity contribution < 1.29 is 9.59 Å². The smallest absolute Gasteiger partial charge is 0.272 e. The first-order valence-corrected chi connectivity index (χ1v) is 7.03. The molecule has 0 unspecified atom stereocenters. The number of amides is 2. The molecule has 5 heteroatoms. The van der Waals surface area contributed by atoms with E-state index in [0.29, 0.717) is 10.7 Å². The first kappa shape index (κ1) is 15.8. The second-order valence-electron chi connectivity index (χ2n) is 4.61. The Morgan fingerprint density at radius 3 is 2.23 bits per heavy atom. The van der Waals surface area contributed by atoms with E-state index in [-0.39, 0.29) is 11.6 Å². The second kappa shape index (κ2) is 7.43. The molecule has 2 amide bonds. The van der Waals surface area contributed by atoms with Crippen LogP contribution in [0, 0.1) is 0 Å². The molecule has 2 aromatic rings. The van der Waals surface area contributed by atoms with Crippen molar-refractivity contribution in [3.05, 3.63) is 70.9 Å². The molecule has 112 valence electrons. The van der Waals surface area contributed by atoms with Crippen LogP contribution < -0.4 is 10.6 Å². The molecule has 2 aromatic carbocycles. The summed E-state index contributed by atoms with van der Waals surface area (Å²) in [5.74, 6) is -0.713. The van der Waals surface area contributed by atoms with E-state index in [4.69, 9.17) is 11.6 Å². The van der Waals surface area contributed by atoms with Crippen molar-refractivity contribution in [1.82, 2.24) is 5.32 Å². The van der Waals surface area contributed by atoms with Crippen molar-refractivity contribution in [2.24, 2.45) is 0 Å². The summed E-state index contributed by atoms with van der Waals surface area (Å²) in [6, 6.07) is 16.0. The lowest BCUT2D eigenvalue weighted by Gasteiger charge is -2.10. The van der Waals surface area contributed by atoms with Gasteiger partial charge in [0.1, 0.15) is 5.70 Å². The molecule has 2 N–H and O–H groups in total. The maximum Gasteiger partial charge on any atom is 0.272 e. The molecular weight excluding hydrogens is 300 g/mol. The third-order valence-corrected chi connectivity index (χ3v) is 3.02. The monoisotopic (exact) mass is 314 g/mol. The van der Waals surface area contributed by atoms with Gasteiger partial charge in [-0.1, -0.05) is 41.9 Å². The van der Waals surface area contributed by atoms with E-state index in [2.05, 4.69) is 10.6 Å². The molecule has 4 nitrogen and oxygen atoms in total. The molecule has 0 atom stereocenters. The third-order valence-electron chi connectivity index (χ3n) is 2.77. The number of benzene rings is 2. The van der Waals surface area contributed by atoms with Gasteiger partial charge in [0.25, 0.3) is 5.91 Å². The van der Waals surface area contributed by atoms with E-state index in [1.54, 1.807) is 30.3 Å². The lowest BCUT2D eigenvalue weighted by molar-refractivity contribution is -0.120. The fourth-order valence-electron chi connectivity index (χ4n) is 1.80. The van der Waals surface area contributed by atoms with Crippen molar-refractivity contribution in [3.63, 3.8) is 0 Å². The van der Waals surface area contributed by atoms with Crippen LogP contribution in [0.25, 0.3) is 6.08 Å². The van der Waals surface area contributed by atoms with Crippen LogP contribution in [0.5, 0.6) is 0 Å². The fourth-order valence-corrected chi connectivity index (χ4v) is 1.92. The first-order valence-electron chi connectivity index (χ1n) is 6.66. The molecule has 0 aliphatic rings. The highest BCUT2D eigenvalue weighted by atomic mass is 35.5. The molecule has 0 fully saturated rings. The maximum atomic E-state index is 12.3. The lowest BCUT2D eigenvalue weighted by Crippen LogP contribution is -2.28. The molecule has 2 rings (SSSR count). The average molecular weight is 315 g/mol. The maximum absolute atomic E-state index is 12.3. The molecule has 0 aliphatic heterocycles. The summed E-state index contributed by atoms with van der Waals surface area (Å²) in [5.41, 5.74) is 1.59. The topological polar surface area (TPSA) is 58.2 Å². The van der Waals surface area contributed by atoms with Gasteiger partial charge in [0.2, 0.25) is 5.91 Å². The van der Waals surface area contributed by atoms with Crippen LogP contribution in [0.2, 0.25) is 5.02 Å². The summed E-state index contributed by atoms with van der Waals surface area (Å²) in [4.78, 5) is 23.6. The zero-order valence-corrected chi connectivity index (χ0v) is 12.7. The van der Waals surface area contributed by atoms with Gasteiger partial charge in [0.05, 0.1) is 0 Å². The number of rotatable bonds is 4. The highest BCUT2D eigenvalue weighted by molar-refractivity contribution is 6.30. The molecule has 0 heterocycles. The zero-order valence-electron chi connectivity index (χ0n) is 12.0. The minimum Gasteiger partial charge on any atom is -0.322 e. The van der Waals surface area contributed by atoms with E-state index in [1.807, 2.05) is 30.3 Å². The normalized spacial score (nSPS) is 10.9. The van der Waals surface area contributed by atoms with Crippen LogP contribution in [-0.4, -0.2) is 11.8 Å². The predicted octanol–water partition coefficient (Wildman–Crippen LogP) is 3.46. The Balaban J connectivity index is 2.21. The zero-order chi connectivity index (χ0) is 15.9. The van der Waals surface area contributed by atoms with Crippen molar-refractivity contribution in [1.29, 1.82) is 0 Å². The van der Waals surface area contributed by atoms with E-state index in [9.17, 15) is 9.59 Å². The number of carbonyl (C=O) groups is 2. The third kappa shape index (κ3) is 4.75. The van der Waals surface area contributed by atoms with Gasteiger partial charge in [-0.05, 0) is 35.9 Å². The molecule has 0 bridgehead atoms. The molecule has 0 spiro atoms. The summed E-state index contributed by atoms with van der Waals surface area (Å²) in [6.45, 7) is 1.36. The SMILES string of the molecule is CC(=O)N/C(=C\c1ccccc1)C(=O)Nc1ccc(Cl)cc1. The highest BCUT2D eigenvalue weighted by Gasteiger charge is 2.11. The lowest BCUT2D eigenvalue weighted by atomic mass is 10.2. The quantitative estimate of drug-likeness (QED) is 0.849. The standard InChI is InChI=1S/C17H15ClN2O2/c1-12(21)19-16(11-13-5-3-2-4-6-13)17(22)20-15-9-7-14(18)8-10-15/h2-11H,1H3,(H,19,21)(H,20,22)/b16-11-. The largest absolute Gasteiger partial charge is 0.322 e.